The number of nitrogens with zero attached hydrogens (tertiary/aromatic N) is 4. The van der Waals surface area contributed by atoms with Gasteiger partial charge in [0.05, 0.1) is 0 Å². The number of rotatable bonds is 4. The van der Waals surface area contributed by atoms with E-state index in [0.717, 1.165) is 43.8 Å². The van der Waals surface area contributed by atoms with Crippen LogP contribution >= 0.6 is 0 Å². The van der Waals surface area contributed by atoms with Gasteiger partial charge in [-0.3, -0.25) is 0 Å². The molecule has 2 aromatic heterocycles. The summed E-state index contributed by atoms with van der Waals surface area (Å²) in [5.74, 6) is 1.82. The summed E-state index contributed by atoms with van der Waals surface area (Å²) in [6.45, 7) is 7.55. The van der Waals surface area contributed by atoms with Crippen LogP contribution in [-0.4, -0.2) is 52.3 Å². The number of hydrogen-bond donors (Lipinski definition) is 0. The maximum Gasteiger partial charge on any atom is 0.160 e. The highest BCUT2D eigenvalue weighted by molar-refractivity contribution is 5.71. The van der Waals surface area contributed by atoms with E-state index in [2.05, 4.69) is 27.4 Å². The van der Waals surface area contributed by atoms with Crippen molar-refractivity contribution in [1.29, 1.82) is 0 Å². The molecule has 0 amide bonds. The Bertz CT molecular complexity index is 654. The van der Waals surface area contributed by atoms with Crippen LogP contribution in [0.25, 0.3) is 11.2 Å². The molecule has 124 valence electrons. The lowest BCUT2D eigenvalue weighted by atomic mass is 10.0. The summed E-state index contributed by atoms with van der Waals surface area (Å²) in [4.78, 5) is 12.1. The number of ether oxygens (including phenoxy) is 1. The molecule has 1 atom stereocenters. The number of piperidine rings is 1. The first-order chi connectivity index (χ1) is 11.3. The lowest BCUT2D eigenvalue weighted by molar-refractivity contribution is 0.182. The van der Waals surface area contributed by atoms with Crippen LogP contribution in [0.3, 0.4) is 0 Å². The molecule has 4 rings (SSSR count). The molecule has 4 heterocycles. The molecule has 1 unspecified atom stereocenters. The van der Waals surface area contributed by atoms with Gasteiger partial charge >= 0.3 is 0 Å². The first-order valence-corrected chi connectivity index (χ1v) is 8.97. The summed E-state index contributed by atoms with van der Waals surface area (Å²) in [6, 6.07) is 4.62. The van der Waals surface area contributed by atoms with Crippen molar-refractivity contribution in [2.45, 2.75) is 38.6 Å². The molecule has 2 fully saturated rings. The van der Waals surface area contributed by atoms with Gasteiger partial charge in [-0.1, -0.05) is 6.92 Å². The van der Waals surface area contributed by atoms with E-state index in [9.17, 15) is 0 Å². The molecule has 0 aromatic carbocycles. The zero-order valence-corrected chi connectivity index (χ0v) is 13.9. The van der Waals surface area contributed by atoms with Crippen LogP contribution in [0.4, 0.5) is 0 Å². The second-order valence-corrected chi connectivity index (χ2v) is 6.84. The van der Waals surface area contributed by atoms with E-state index in [0.29, 0.717) is 12.0 Å². The summed E-state index contributed by atoms with van der Waals surface area (Å²) in [5, 5.41) is 0. The molecule has 5 heteroatoms. The van der Waals surface area contributed by atoms with Crippen LogP contribution in [0, 0.1) is 5.92 Å². The van der Waals surface area contributed by atoms with Crippen molar-refractivity contribution in [1.82, 2.24) is 19.4 Å². The van der Waals surface area contributed by atoms with Crippen molar-refractivity contribution >= 4 is 11.2 Å². The molecular weight excluding hydrogens is 288 g/mol. The molecule has 0 radical (unpaired) electrons. The third-order valence-electron chi connectivity index (χ3n) is 5.39. The largest absolute Gasteiger partial charge is 0.381 e. The number of aromatic nitrogens is 3. The van der Waals surface area contributed by atoms with E-state index in [1.807, 2.05) is 12.3 Å². The molecule has 23 heavy (non-hydrogen) atoms. The number of pyridine rings is 1. The lowest BCUT2D eigenvalue weighted by Crippen LogP contribution is -2.35. The Morgan fingerprint density at radius 3 is 2.87 bits per heavy atom. The molecule has 0 bridgehead atoms. The minimum absolute atomic E-state index is 0.537. The fourth-order valence-corrected chi connectivity index (χ4v) is 4.00. The van der Waals surface area contributed by atoms with Crippen LogP contribution < -0.4 is 0 Å². The van der Waals surface area contributed by atoms with Crippen molar-refractivity contribution in [3.05, 3.63) is 24.2 Å². The average molecular weight is 314 g/mol. The summed E-state index contributed by atoms with van der Waals surface area (Å²) in [6.07, 6.45) is 6.47. The minimum Gasteiger partial charge on any atom is -0.381 e. The van der Waals surface area contributed by atoms with Crippen molar-refractivity contribution < 1.29 is 4.74 Å². The van der Waals surface area contributed by atoms with Gasteiger partial charge in [0, 0.05) is 45.0 Å². The first-order valence-electron chi connectivity index (χ1n) is 8.97. The highest BCUT2D eigenvalue weighted by Gasteiger charge is 2.26. The van der Waals surface area contributed by atoms with E-state index in [4.69, 9.17) is 9.72 Å². The summed E-state index contributed by atoms with van der Waals surface area (Å²) in [7, 11) is 0. The number of likely N-dealkylation sites (tertiary alicyclic amines) is 1. The minimum atomic E-state index is 0.537. The summed E-state index contributed by atoms with van der Waals surface area (Å²) < 4.78 is 8.00. The van der Waals surface area contributed by atoms with Crippen LogP contribution in [0.2, 0.25) is 0 Å². The first kappa shape index (κ1) is 15.1. The van der Waals surface area contributed by atoms with E-state index in [-0.39, 0.29) is 0 Å². The quantitative estimate of drug-likeness (QED) is 0.870. The van der Waals surface area contributed by atoms with Gasteiger partial charge in [-0.15, -0.1) is 0 Å². The van der Waals surface area contributed by atoms with Crippen LogP contribution in [0.1, 0.15) is 38.1 Å². The Labute approximate surface area is 137 Å². The second kappa shape index (κ2) is 6.57. The van der Waals surface area contributed by atoms with Gasteiger partial charge in [0.1, 0.15) is 11.3 Å². The fourth-order valence-electron chi connectivity index (χ4n) is 4.00. The van der Waals surface area contributed by atoms with Crippen LogP contribution in [0.15, 0.2) is 18.3 Å². The molecule has 0 aliphatic carbocycles. The molecule has 0 N–H and O–H groups in total. The van der Waals surface area contributed by atoms with Gasteiger partial charge in [-0.25, -0.2) is 9.97 Å². The maximum absolute atomic E-state index is 5.56. The summed E-state index contributed by atoms with van der Waals surface area (Å²) in [5.41, 5.74) is 2.11. The predicted octanol–water partition coefficient (Wildman–Crippen LogP) is 2.67. The smallest absolute Gasteiger partial charge is 0.160 e. The Morgan fingerprint density at radius 2 is 2.13 bits per heavy atom. The van der Waals surface area contributed by atoms with Gasteiger partial charge in [-0.2, -0.15) is 0 Å². The molecule has 0 spiro atoms. The third kappa shape index (κ3) is 3.00. The van der Waals surface area contributed by atoms with Crippen molar-refractivity contribution in [3.63, 3.8) is 0 Å². The van der Waals surface area contributed by atoms with E-state index in [1.165, 1.54) is 31.8 Å². The van der Waals surface area contributed by atoms with E-state index in [1.54, 1.807) is 0 Å². The molecule has 2 aromatic rings. The Kier molecular flexibility index (Phi) is 4.31. The molecule has 0 saturated carbocycles. The fraction of sp³-hybridized carbons (Fsp3) is 0.667. The van der Waals surface area contributed by atoms with Crippen LogP contribution in [0.5, 0.6) is 0 Å². The van der Waals surface area contributed by atoms with Gasteiger partial charge in [0.15, 0.2) is 5.65 Å². The normalized spacial score (nSPS) is 23.8. The Balaban J connectivity index is 1.65. The van der Waals surface area contributed by atoms with E-state index < -0.39 is 0 Å². The molecule has 2 saturated heterocycles. The SMILES string of the molecule is CCN1CCC(n2c(CC3CCOC3)nc3cccnc32)CC1. The van der Waals surface area contributed by atoms with Crippen molar-refractivity contribution in [2.75, 3.05) is 32.8 Å². The topological polar surface area (TPSA) is 43.2 Å². The number of fused-ring (bicyclic) bond motifs is 1. The molecule has 2 aliphatic rings. The van der Waals surface area contributed by atoms with E-state index >= 15 is 0 Å². The van der Waals surface area contributed by atoms with Gasteiger partial charge in [0.2, 0.25) is 0 Å². The lowest BCUT2D eigenvalue weighted by Gasteiger charge is -2.32. The Hall–Kier alpha value is -1.46. The van der Waals surface area contributed by atoms with Crippen LogP contribution in [-0.2, 0) is 11.2 Å². The Morgan fingerprint density at radius 1 is 1.26 bits per heavy atom. The molecule has 2 aliphatic heterocycles. The zero-order valence-electron chi connectivity index (χ0n) is 13.9. The standard InChI is InChI=1S/C18H26N4O/c1-2-21-9-5-15(6-10-21)22-17(12-14-7-11-23-13-14)20-16-4-3-8-19-18(16)22/h3-4,8,14-15H,2,5-7,9-13H2,1H3. The highest BCUT2D eigenvalue weighted by Crippen LogP contribution is 2.30. The number of imidazole rings is 1. The van der Waals surface area contributed by atoms with Crippen molar-refractivity contribution in [3.8, 4) is 0 Å². The monoisotopic (exact) mass is 314 g/mol. The van der Waals surface area contributed by atoms with Gasteiger partial charge < -0.3 is 14.2 Å². The molecule has 5 nitrogen and oxygen atoms in total. The zero-order chi connectivity index (χ0) is 15.6. The number of hydrogen-bond acceptors (Lipinski definition) is 4. The second-order valence-electron chi connectivity index (χ2n) is 6.84. The third-order valence-corrected chi connectivity index (χ3v) is 5.39. The average Bonchev–Trinajstić information content (AvgIpc) is 3.22. The maximum atomic E-state index is 5.56. The van der Waals surface area contributed by atoms with Gasteiger partial charge in [-0.05, 0) is 43.9 Å². The predicted molar refractivity (Wildman–Crippen MR) is 90.5 cm³/mol. The highest BCUT2D eigenvalue weighted by atomic mass is 16.5. The summed E-state index contributed by atoms with van der Waals surface area (Å²) >= 11 is 0. The molecular formula is C18H26N4O. The van der Waals surface area contributed by atoms with Gasteiger partial charge in [0.25, 0.3) is 0 Å². The van der Waals surface area contributed by atoms with Crippen molar-refractivity contribution in [2.24, 2.45) is 5.92 Å².